The standard InChI is InChI=1S/C11H14N2S2/c1-8-3-4-10(14-8)6-12-7-11-13-5-9(2)15-11/h3-5,12H,6-7H2,1-2H3. The van der Waals surface area contributed by atoms with Crippen molar-refractivity contribution in [3.05, 3.63) is 38.0 Å². The van der Waals surface area contributed by atoms with Crippen LogP contribution < -0.4 is 5.32 Å². The number of nitrogens with zero attached hydrogens (tertiary/aromatic N) is 1. The van der Waals surface area contributed by atoms with Crippen LogP contribution in [0.2, 0.25) is 0 Å². The van der Waals surface area contributed by atoms with Crippen molar-refractivity contribution in [1.82, 2.24) is 10.3 Å². The average Bonchev–Trinajstić information content (AvgIpc) is 2.76. The van der Waals surface area contributed by atoms with Crippen LogP contribution in [0.25, 0.3) is 0 Å². The second kappa shape index (κ2) is 4.88. The van der Waals surface area contributed by atoms with Crippen LogP contribution in [0.1, 0.15) is 19.6 Å². The van der Waals surface area contributed by atoms with E-state index in [2.05, 4.69) is 36.3 Å². The van der Waals surface area contributed by atoms with Gasteiger partial charge in [0.15, 0.2) is 0 Å². The second-order valence-corrected chi connectivity index (χ2v) is 6.17. The van der Waals surface area contributed by atoms with Crippen molar-refractivity contribution in [2.45, 2.75) is 26.9 Å². The Morgan fingerprint density at radius 2 is 2.00 bits per heavy atom. The summed E-state index contributed by atoms with van der Waals surface area (Å²) in [6.07, 6.45) is 1.93. The van der Waals surface area contributed by atoms with E-state index in [0.717, 1.165) is 13.1 Å². The third-order valence-electron chi connectivity index (χ3n) is 2.04. The Bertz CT molecular complexity index is 391. The van der Waals surface area contributed by atoms with Gasteiger partial charge in [0.25, 0.3) is 0 Å². The molecule has 0 aliphatic carbocycles. The van der Waals surface area contributed by atoms with Crippen molar-refractivity contribution in [2.75, 3.05) is 0 Å². The van der Waals surface area contributed by atoms with Crippen molar-refractivity contribution < 1.29 is 0 Å². The summed E-state index contributed by atoms with van der Waals surface area (Å²) in [5.41, 5.74) is 0. The summed E-state index contributed by atoms with van der Waals surface area (Å²) < 4.78 is 0. The molecule has 0 atom stereocenters. The maximum atomic E-state index is 4.31. The Morgan fingerprint density at radius 3 is 2.60 bits per heavy atom. The summed E-state index contributed by atoms with van der Waals surface area (Å²) in [5.74, 6) is 0. The predicted octanol–water partition coefficient (Wildman–Crippen LogP) is 3.11. The molecule has 0 spiro atoms. The van der Waals surface area contributed by atoms with E-state index in [1.807, 2.05) is 17.5 Å². The summed E-state index contributed by atoms with van der Waals surface area (Å²) in [5, 5.41) is 4.57. The zero-order chi connectivity index (χ0) is 10.7. The van der Waals surface area contributed by atoms with Crippen LogP contribution in [-0.2, 0) is 13.1 Å². The highest BCUT2D eigenvalue weighted by Crippen LogP contribution is 2.15. The Hall–Kier alpha value is -0.710. The summed E-state index contributed by atoms with van der Waals surface area (Å²) in [7, 11) is 0. The first-order valence-corrected chi connectivity index (χ1v) is 6.54. The molecule has 0 bridgehead atoms. The third kappa shape index (κ3) is 3.12. The highest BCUT2D eigenvalue weighted by Gasteiger charge is 1.99. The molecule has 0 amide bonds. The van der Waals surface area contributed by atoms with Crippen LogP contribution >= 0.6 is 22.7 Å². The maximum absolute atomic E-state index is 4.31. The topological polar surface area (TPSA) is 24.9 Å². The lowest BCUT2D eigenvalue weighted by Crippen LogP contribution is -2.11. The second-order valence-electron chi connectivity index (χ2n) is 3.48. The monoisotopic (exact) mass is 238 g/mol. The van der Waals surface area contributed by atoms with E-state index in [1.165, 1.54) is 19.6 Å². The Balaban J connectivity index is 1.80. The molecule has 4 heteroatoms. The van der Waals surface area contributed by atoms with Crippen molar-refractivity contribution in [2.24, 2.45) is 0 Å². The molecule has 0 radical (unpaired) electrons. The molecule has 0 aromatic carbocycles. The smallest absolute Gasteiger partial charge is 0.107 e. The molecule has 2 aromatic rings. The van der Waals surface area contributed by atoms with Gasteiger partial charge in [-0.15, -0.1) is 22.7 Å². The summed E-state index contributed by atoms with van der Waals surface area (Å²) in [6, 6.07) is 4.34. The van der Waals surface area contributed by atoms with Crippen molar-refractivity contribution in [3.63, 3.8) is 0 Å². The molecule has 0 fully saturated rings. The van der Waals surface area contributed by atoms with Crippen molar-refractivity contribution in [1.29, 1.82) is 0 Å². The van der Waals surface area contributed by atoms with Crippen molar-refractivity contribution >= 4 is 22.7 Å². The first kappa shape index (κ1) is 10.8. The van der Waals surface area contributed by atoms with Gasteiger partial charge in [0, 0.05) is 33.9 Å². The first-order valence-electron chi connectivity index (χ1n) is 4.91. The van der Waals surface area contributed by atoms with Gasteiger partial charge < -0.3 is 5.32 Å². The van der Waals surface area contributed by atoms with E-state index in [0.29, 0.717) is 0 Å². The maximum Gasteiger partial charge on any atom is 0.107 e. The fraction of sp³-hybridized carbons (Fsp3) is 0.364. The number of hydrogen-bond donors (Lipinski definition) is 1. The number of hydrogen-bond acceptors (Lipinski definition) is 4. The molecular weight excluding hydrogens is 224 g/mol. The van der Waals surface area contributed by atoms with E-state index in [4.69, 9.17) is 0 Å². The van der Waals surface area contributed by atoms with E-state index in [-0.39, 0.29) is 0 Å². The molecule has 2 heterocycles. The van der Waals surface area contributed by atoms with Crippen LogP contribution in [0.15, 0.2) is 18.3 Å². The molecule has 0 aliphatic heterocycles. The summed E-state index contributed by atoms with van der Waals surface area (Å²) in [4.78, 5) is 8.35. The van der Waals surface area contributed by atoms with E-state index in [9.17, 15) is 0 Å². The number of rotatable bonds is 4. The fourth-order valence-corrected chi connectivity index (χ4v) is 2.97. The van der Waals surface area contributed by atoms with E-state index in [1.54, 1.807) is 11.3 Å². The molecule has 2 aromatic heterocycles. The lowest BCUT2D eigenvalue weighted by atomic mass is 10.4. The molecule has 0 aliphatic rings. The molecular formula is C11H14N2S2. The fourth-order valence-electron chi connectivity index (χ4n) is 1.36. The van der Waals surface area contributed by atoms with Crippen LogP contribution in [0.3, 0.4) is 0 Å². The molecule has 2 nitrogen and oxygen atoms in total. The van der Waals surface area contributed by atoms with Gasteiger partial charge >= 0.3 is 0 Å². The molecule has 0 unspecified atom stereocenters. The molecule has 0 saturated carbocycles. The summed E-state index contributed by atoms with van der Waals surface area (Å²) >= 11 is 3.61. The van der Waals surface area contributed by atoms with Crippen LogP contribution in [-0.4, -0.2) is 4.98 Å². The minimum absolute atomic E-state index is 0.870. The number of thiazole rings is 1. The Kier molecular flexibility index (Phi) is 3.51. The molecule has 0 saturated heterocycles. The number of thiophene rings is 1. The largest absolute Gasteiger partial charge is 0.306 e. The molecule has 2 rings (SSSR count). The summed E-state index contributed by atoms with van der Waals surface area (Å²) in [6.45, 7) is 6.04. The Morgan fingerprint density at radius 1 is 1.13 bits per heavy atom. The quantitative estimate of drug-likeness (QED) is 0.885. The van der Waals surface area contributed by atoms with Crippen LogP contribution in [0.5, 0.6) is 0 Å². The van der Waals surface area contributed by atoms with Crippen LogP contribution in [0.4, 0.5) is 0 Å². The molecule has 80 valence electrons. The van der Waals surface area contributed by atoms with Gasteiger partial charge in [-0.1, -0.05) is 0 Å². The number of aromatic nitrogens is 1. The number of nitrogens with one attached hydrogen (secondary N) is 1. The van der Waals surface area contributed by atoms with Gasteiger partial charge in [0.05, 0.1) is 0 Å². The van der Waals surface area contributed by atoms with E-state index >= 15 is 0 Å². The highest BCUT2D eigenvalue weighted by molar-refractivity contribution is 7.12. The zero-order valence-electron chi connectivity index (χ0n) is 8.91. The van der Waals surface area contributed by atoms with Gasteiger partial charge in [0.2, 0.25) is 0 Å². The lowest BCUT2D eigenvalue weighted by molar-refractivity contribution is 0.697. The van der Waals surface area contributed by atoms with Gasteiger partial charge in [-0.3, -0.25) is 0 Å². The minimum atomic E-state index is 0.870. The van der Waals surface area contributed by atoms with Gasteiger partial charge in [-0.05, 0) is 26.0 Å². The van der Waals surface area contributed by atoms with Gasteiger partial charge in [-0.25, -0.2) is 4.98 Å². The van der Waals surface area contributed by atoms with Crippen LogP contribution in [0, 0.1) is 13.8 Å². The molecule has 1 N–H and O–H groups in total. The zero-order valence-corrected chi connectivity index (χ0v) is 10.5. The number of aryl methyl sites for hydroxylation is 2. The molecule has 15 heavy (non-hydrogen) atoms. The van der Waals surface area contributed by atoms with Gasteiger partial charge in [-0.2, -0.15) is 0 Å². The highest BCUT2D eigenvalue weighted by atomic mass is 32.1. The SMILES string of the molecule is Cc1ccc(CNCc2ncc(C)s2)s1. The third-order valence-corrected chi connectivity index (χ3v) is 3.95. The minimum Gasteiger partial charge on any atom is -0.306 e. The van der Waals surface area contributed by atoms with Crippen molar-refractivity contribution in [3.8, 4) is 0 Å². The first-order chi connectivity index (χ1) is 7.24. The Labute approximate surface area is 98.0 Å². The van der Waals surface area contributed by atoms with Gasteiger partial charge in [0.1, 0.15) is 5.01 Å². The normalized spacial score (nSPS) is 10.8. The average molecular weight is 238 g/mol. The lowest BCUT2D eigenvalue weighted by Gasteiger charge is -1.98. The van der Waals surface area contributed by atoms with E-state index < -0.39 is 0 Å². The predicted molar refractivity (Wildman–Crippen MR) is 66.5 cm³/mol.